The van der Waals surface area contributed by atoms with E-state index in [1.807, 2.05) is 5.38 Å². The van der Waals surface area contributed by atoms with Gasteiger partial charge in [-0.3, -0.25) is 4.79 Å². The first kappa shape index (κ1) is 19.5. The van der Waals surface area contributed by atoms with Gasteiger partial charge in [-0.15, -0.1) is 22.7 Å². The smallest absolute Gasteiger partial charge is 0.226 e. The van der Waals surface area contributed by atoms with Crippen LogP contribution in [-0.4, -0.2) is 15.9 Å². The van der Waals surface area contributed by atoms with Gasteiger partial charge in [0.25, 0.3) is 0 Å². The average Bonchev–Trinajstić information content (AvgIpc) is 3.41. The van der Waals surface area contributed by atoms with Crippen molar-refractivity contribution in [1.82, 2.24) is 9.97 Å². The third-order valence-electron chi connectivity index (χ3n) is 4.33. The van der Waals surface area contributed by atoms with Crippen molar-refractivity contribution in [3.8, 4) is 22.6 Å². The molecule has 0 bridgehead atoms. The number of nitrogens with zero attached hydrogens (tertiary/aromatic N) is 2. The number of hydrogen-bond donors (Lipinski definition) is 1. The molecule has 0 aliphatic carbocycles. The maximum atomic E-state index is 13.8. The van der Waals surface area contributed by atoms with Gasteiger partial charge in [0, 0.05) is 33.5 Å². The van der Waals surface area contributed by atoms with E-state index in [0.717, 1.165) is 11.3 Å². The normalized spacial score (nSPS) is 11.0. The molecule has 5 nitrogen and oxygen atoms in total. The van der Waals surface area contributed by atoms with Crippen molar-refractivity contribution in [2.75, 3.05) is 5.32 Å². The van der Waals surface area contributed by atoms with Crippen molar-refractivity contribution in [3.63, 3.8) is 0 Å². The number of anilines is 1. The van der Waals surface area contributed by atoms with E-state index >= 15 is 0 Å². The minimum absolute atomic E-state index is 0.172. The summed E-state index contributed by atoms with van der Waals surface area (Å²) < 4.78 is 19.4. The van der Waals surface area contributed by atoms with Crippen LogP contribution >= 0.6 is 22.7 Å². The highest BCUT2D eigenvalue weighted by Gasteiger charge is 2.14. The highest BCUT2D eigenvalue weighted by Crippen LogP contribution is 2.32. The number of thiophene rings is 1. The highest BCUT2D eigenvalue weighted by molar-refractivity contribution is 7.14. The van der Waals surface area contributed by atoms with Gasteiger partial charge in [0.15, 0.2) is 16.8 Å². The zero-order valence-corrected chi connectivity index (χ0v) is 17.5. The summed E-state index contributed by atoms with van der Waals surface area (Å²) in [6.45, 7) is 4.13. The van der Waals surface area contributed by atoms with Crippen LogP contribution in [-0.2, 0) is 11.2 Å². The number of thiazole rings is 1. The largest absolute Gasteiger partial charge is 0.441 e. The van der Waals surface area contributed by atoms with Crippen LogP contribution in [0.4, 0.5) is 9.52 Å². The van der Waals surface area contributed by atoms with Crippen molar-refractivity contribution in [2.24, 2.45) is 0 Å². The fraction of sp³-hybridized carbons (Fsp3) is 0.190. The number of carbonyl (C=O) groups excluding carboxylic acids is 1. The van der Waals surface area contributed by atoms with E-state index < -0.39 is 0 Å². The zero-order chi connectivity index (χ0) is 20.4. The molecule has 1 aromatic carbocycles. The summed E-state index contributed by atoms with van der Waals surface area (Å²) in [4.78, 5) is 23.4. The molecule has 0 aliphatic heterocycles. The SMILES string of the molecule is Cc1cc(-c2csc(NC(=O)CCc3ncc(-c4ccccc4F)o3)n2)c(C)s1. The number of hydrogen-bond acceptors (Lipinski definition) is 6. The summed E-state index contributed by atoms with van der Waals surface area (Å²) in [6, 6.07) is 8.45. The zero-order valence-electron chi connectivity index (χ0n) is 15.9. The number of amides is 1. The van der Waals surface area contributed by atoms with Crippen LogP contribution in [0.25, 0.3) is 22.6 Å². The van der Waals surface area contributed by atoms with Gasteiger partial charge in [-0.25, -0.2) is 14.4 Å². The lowest BCUT2D eigenvalue weighted by molar-refractivity contribution is -0.116. The molecule has 0 radical (unpaired) electrons. The fourth-order valence-corrected chi connectivity index (χ4v) is 4.61. The van der Waals surface area contributed by atoms with Gasteiger partial charge in [0.1, 0.15) is 5.82 Å². The van der Waals surface area contributed by atoms with Gasteiger partial charge < -0.3 is 9.73 Å². The first-order valence-electron chi connectivity index (χ1n) is 9.02. The number of halogens is 1. The molecule has 0 unspecified atom stereocenters. The van der Waals surface area contributed by atoms with E-state index in [2.05, 4.69) is 35.2 Å². The van der Waals surface area contributed by atoms with Gasteiger partial charge >= 0.3 is 0 Å². The molecule has 3 heterocycles. The summed E-state index contributed by atoms with van der Waals surface area (Å²) >= 11 is 3.13. The Hall–Kier alpha value is -2.84. The molecule has 1 amide bonds. The van der Waals surface area contributed by atoms with Gasteiger partial charge in [-0.2, -0.15) is 0 Å². The van der Waals surface area contributed by atoms with Crippen molar-refractivity contribution in [1.29, 1.82) is 0 Å². The number of aryl methyl sites for hydroxylation is 3. The monoisotopic (exact) mass is 427 g/mol. The third-order valence-corrected chi connectivity index (χ3v) is 6.05. The van der Waals surface area contributed by atoms with Crippen molar-refractivity contribution in [3.05, 3.63) is 63.4 Å². The fourth-order valence-electron chi connectivity index (χ4n) is 2.95. The number of rotatable bonds is 6. The van der Waals surface area contributed by atoms with E-state index in [9.17, 15) is 9.18 Å². The number of oxazole rings is 1. The lowest BCUT2D eigenvalue weighted by Crippen LogP contribution is -2.12. The quantitative estimate of drug-likeness (QED) is 0.419. The van der Waals surface area contributed by atoms with E-state index in [0.29, 0.717) is 28.8 Å². The number of benzene rings is 1. The summed E-state index contributed by atoms with van der Waals surface area (Å²) in [6.07, 6.45) is 1.99. The molecule has 0 aliphatic rings. The Labute approximate surface area is 175 Å². The molecule has 0 saturated carbocycles. The molecular weight excluding hydrogens is 409 g/mol. The Morgan fingerprint density at radius 2 is 2.07 bits per heavy atom. The predicted octanol–water partition coefficient (Wildman–Crippen LogP) is 5.85. The van der Waals surface area contributed by atoms with Crippen LogP contribution in [0.2, 0.25) is 0 Å². The Morgan fingerprint density at radius 3 is 2.83 bits per heavy atom. The molecule has 0 atom stereocenters. The van der Waals surface area contributed by atoms with Crippen LogP contribution in [0.3, 0.4) is 0 Å². The van der Waals surface area contributed by atoms with E-state index in [4.69, 9.17) is 4.42 Å². The van der Waals surface area contributed by atoms with Gasteiger partial charge in [0.2, 0.25) is 5.91 Å². The number of nitrogens with one attached hydrogen (secondary N) is 1. The summed E-state index contributed by atoms with van der Waals surface area (Å²) in [5.74, 6) is 0.199. The molecule has 148 valence electrons. The maximum Gasteiger partial charge on any atom is 0.226 e. The summed E-state index contributed by atoms with van der Waals surface area (Å²) in [5, 5.41) is 5.32. The van der Waals surface area contributed by atoms with Crippen LogP contribution in [0.15, 0.2) is 46.3 Å². The molecule has 29 heavy (non-hydrogen) atoms. The van der Waals surface area contributed by atoms with Crippen LogP contribution in [0.1, 0.15) is 22.1 Å². The molecule has 3 aromatic heterocycles. The van der Waals surface area contributed by atoms with E-state index in [-0.39, 0.29) is 18.1 Å². The minimum Gasteiger partial charge on any atom is -0.441 e. The number of carbonyl (C=O) groups is 1. The molecule has 8 heteroatoms. The summed E-state index contributed by atoms with van der Waals surface area (Å²) in [5.41, 5.74) is 2.32. The maximum absolute atomic E-state index is 13.8. The predicted molar refractivity (Wildman–Crippen MR) is 114 cm³/mol. The van der Waals surface area contributed by atoms with Crippen LogP contribution < -0.4 is 5.32 Å². The summed E-state index contributed by atoms with van der Waals surface area (Å²) in [7, 11) is 0. The Balaban J connectivity index is 1.35. The van der Waals surface area contributed by atoms with E-state index in [1.54, 1.807) is 29.5 Å². The lowest BCUT2D eigenvalue weighted by Gasteiger charge is -2.00. The standard InChI is InChI=1S/C21H18FN3O2S2/c1-12-9-15(13(2)29-12)17-11-28-21(24-17)25-19(26)7-8-20-23-10-18(27-20)14-5-3-4-6-16(14)22/h3-6,9-11H,7-8H2,1-2H3,(H,24,25,26). The Morgan fingerprint density at radius 1 is 1.24 bits per heavy atom. The minimum atomic E-state index is -0.372. The molecule has 0 spiro atoms. The molecule has 0 saturated heterocycles. The Kier molecular flexibility index (Phi) is 5.55. The first-order valence-corrected chi connectivity index (χ1v) is 10.7. The van der Waals surface area contributed by atoms with Crippen LogP contribution in [0.5, 0.6) is 0 Å². The second-order valence-electron chi connectivity index (χ2n) is 6.51. The molecule has 4 aromatic rings. The highest BCUT2D eigenvalue weighted by atomic mass is 32.1. The van der Waals surface area contributed by atoms with Crippen molar-refractivity contribution >= 4 is 33.7 Å². The van der Waals surface area contributed by atoms with Gasteiger partial charge in [-0.1, -0.05) is 12.1 Å². The van der Waals surface area contributed by atoms with Crippen molar-refractivity contribution in [2.45, 2.75) is 26.7 Å². The molecule has 4 rings (SSSR count). The van der Waals surface area contributed by atoms with Crippen molar-refractivity contribution < 1.29 is 13.6 Å². The third kappa shape index (κ3) is 4.44. The first-order chi connectivity index (χ1) is 14.0. The Bertz CT molecular complexity index is 1160. The van der Waals surface area contributed by atoms with Gasteiger partial charge in [0.05, 0.1) is 17.5 Å². The average molecular weight is 428 g/mol. The lowest BCUT2D eigenvalue weighted by atomic mass is 10.2. The molecule has 1 N–H and O–H groups in total. The topological polar surface area (TPSA) is 68.0 Å². The second-order valence-corrected chi connectivity index (χ2v) is 8.83. The van der Waals surface area contributed by atoms with Gasteiger partial charge in [-0.05, 0) is 32.0 Å². The molecular formula is C21H18FN3O2S2. The molecule has 0 fully saturated rings. The van der Waals surface area contributed by atoms with E-state index in [1.165, 1.54) is 33.4 Å². The number of aromatic nitrogens is 2. The van der Waals surface area contributed by atoms with Crippen LogP contribution in [0, 0.1) is 19.7 Å². The second kappa shape index (κ2) is 8.26.